The molecule has 1 rings (SSSR count). The summed E-state index contributed by atoms with van der Waals surface area (Å²) in [7, 11) is -5.10. The van der Waals surface area contributed by atoms with Crippen LogP contribution in [-0.4, -0.2) is 107 Å². The maximum Gasteiger partial charge on any atom is 0.397 e. The summed E-state index contributed by atoms with van der Waals surface area (Å²) < 4.78 is 47.0. The van der Waals surface area contributed by atoms with Gasteiger partial charge in [0, 0.05) is 0 Å². The minimum atomic E-state index is -5.10. The first kappa shape index (κ1) is 43.8. The van der Waals surface area contributed by atoms with Gasteiger partial charge in [0.05, 0.1) is 25.4 Å². The summed E-state index contributed by atoms with van der Waals surface area (Å²) in [5.41, 5.74) is 0. The number of allylic oxidation sites excluding steroid dienone is 2. The van der Waals surface area contributed by atoms with Gasteiger partial charge in [-0.15, -0.1) is 0 Å². The van der Waals surface area contributed by atoms with Gasteiger partial charge in [0.2, 0.25) is 5.91 Å². The van der Waals surface area contributed by atoms with Crippen LogP contribution in [0, 0.1) is 0 Å². The van der Waals surface area contributed by atoms with Crippen LogP contribution in [0.4, 0.5) is 0 Å². The summed E-state index contributed by atoms with van der Waals surface area (Å²) in [5.74, 6) is -0.694. The first-order valence-corrected chi connectivity index (χ1v) is 19.0. The van der Waals surface area contributed by atoms with Crippen molar-refractivity contribution >= 4 is 16.3 Å². The smallest absolute Gasteiger partial charge is 0.394 e. The van der Waals surface area contributed by atoms with Crippen LogP contribution in [0.3, 0.4) is 0 Å². The highest BCUT2D eigenvalue weighted by molar-refractivity contribution is 7.80. The molecule has 0 aromatic heterocycles. The van der Waals surface area contributed by atoms with Crippen LogP contribution in [0.5, 0.6) is 0 Å². The predicted molar refractivity (Wildman–Crippen MR) is 178 cm³/mol. The lowest BCUT2D eigenvalue weighted by Gasteiger charge is -2.41. The van der Waals surface area contributed by atoms with Gasteiger partial charge >= 0.3 is 10.4 Å². The second-order valence-corrected chi connectivity index (χ2v) is 13.6. The molecule has 47 heavy (non-hydrogen) atoms. The Morgan fingerprint density at radius 2 is 1.36 bits per heavy atom. The van der Waals surface area contributed by atoms with Crippen LogP contribution in [0.15, 0.2) is 12.2 Å². The van der Waals surface area contributed by atoms with Crippen molar-refractivity contribution in [1.82, 2.24) is 5.32 Å². The Morgan fingerprint density at radius 1 is 0.830 bits per heavy atom. The molecule has 8 atom stereocenters. The summed E-state index contributed by atoms with van der Waals surface area (Å²) in [6.45, 7) is 3.11. The van der Waals surface area contributed by atoms with Crippen LogP contribution >= 0.6 is 0 Å². The van der Waals surface area contributed by atoms with Crippen molar-refractivity contribution < 1.29 is 57.0 Å². The van der Waals surface area contributed by atoms with Gasteiger partial charge in [0.1, 0.15) is 30.5 Å². The Bertz CT molecular complexity index is 937. The molecule has 0 aromatic carbocycles. The molecule has 13 nitrogen and oxygen atoms in total. The Hall–Kier alpha value is -1.20. The third kappa shape index (κ3) is 19.5. The number of ether oxygens (including phenoxy) is 2. The van der Waals surface area contributed by atoms with E-state index in [0.29, 0.717) is 19.3 Å². The lowest BCUT2D eigenvalue weighted by Crippen LogP contribution is -2.61. The van der Waals surface area contributed by atoms with E-state index in [1.807, 2.05) is 0 Å². The van der Waals surface area contributed by atoms with Crippen LogP contribution < -0.4 is 5.32 Å². The van der Waals surface area contributed by atoms with E-state index >= 15 is 0 Å². The molecule has 0 spiro atoms. The zero-order valence-corrected chi connectivity index (χ0v) is 29.3. The minimum absolute atomic E-state index is 0.230. The number of rotatable bonds is 28. The Balaban J connectivity index is 2.69. The highest BCUT2D eigenvalue weighted by Crippen LogP contribution is 2.26. The van der Waals surface area contributed by atoms with Crippen LogP contribution in [-0.2, 0) is 28.9 Å². The first-order valence-electron chi connectivity index (χ1n) is 17.7. The second-order valence-electron chi connectivity index (χ2n) is 12.6. The zero-order valence-electron chi connectivity index (χ0n) is 28.5. The third-order valence-electron chi connectivity index (χ3n) is 8.43. The molecule has 0 radical (unpaired) electrons. The van der Waals surface area contributed by atoms with Crippen molar-refractivity contribution in [2.75, 3.05) is 13.2 Å². The molecule has 0 aliphatic carbocycles. The third-order valence-corrected chi connectivity index (χ3v) is 8.90. The van der Waals surface area contributed by atoms with Gasteiger partial charge in [0.15, 0.2) is 6.29 Å². The fraction of sp³-hybridized carbons (Fsp3) is 0.909. The average Bonchev–Trinajstić information content (AvgIpc) is 3.03. The molecule has 7 N–H and O–H groups in total. The van der Waals surface area contributed by atoms with Crippen molar-refractivity contribution in [3.05, 3.63) is 12.2 Å². The van der Waals surface area contributed by atoms with Crippen molar-refractivity contribution in [2.24, 2.45) is 0 Å². The van der Waals surface area contributed by atoms with Gasteiger partial charge in [0.25, 0.3) is 0 Å². The van der Waals surface area contributed by atoms with Gasteiger partial charge < -0.3 is 40.3 Å². The van der Waals surface area contributed by atoms with Crippen molar-refractivity contribution in [2.45, 2.75) is 178 Å². The number of aliphatic hydroxyl groups is 5. The molecule has 0 bridgehead atoms. The van der Waals surface area contributed by atoms with E-state index in [-0.39, 0.29) is 6.42 Å². The number of carbonyl (C=O) groups excluding carboxylic acids is 1. The van der Waals surface area contributed by atoms with E-state index in [0.717, 1.165) is 51.4 Å². The number of carbonyl (C=O) groups is 1. The fourth-order valence-corrected chi connectivity index (χ4v) is 6.02. The Labute approximate surface area is 282 Å². The Morgan fingerprint density at radius 3 is 1.94 bits per heavy atom. The number of unbranched alkanes of at least 4 members (excludes halogenated alkanes) is 13. The van der Waals surface area contributed by atoms with Crippen LogP contribution in [0.1, 0.15) is 129 Å². The number of hydrogen-bond donors (Lipinski definition) is 7. The first-order chi connectivity index (χ1) is 22.4. The quantitative estimate of drug-likeness (QED) is 0.0356. The molecular weight excluding hydrogens is 634 g/mol. The maximum atomic E-state index is 12.9. The molecule has 1 aliphatic rings. The van der Waals surface area contributed by atoms with Gasteiger partial charge in [-0.25, -0.2) is 4.18 Å². The molecule has 8 unspecified atom stereocenters. The number of aliphatic hydroxyl groups excluding tert-OH is 5. The molecule has 1 heterocycles. The molecule has 0 saturated carbocycles. The molecule has 0 aromatic rings. The van der Waals surface area contributed by atoms with Crippen molar-refractivity contribution in [3.8, 4) is 0 Å². The summed E-state index contributed by atoms with van der Waals surface area (Å²) in [6.07, 6.45) is 10.5. The molecule has 14 heteroatoms. The van der Waals surface area contributed by atoms with E-state index in [1.54, 1.807) is 0 Å². The van der Waals surface area contributed by atoms with Gasteiger partial charge in [-0.3, -0.25) is 9.35 Å². The molecule has 1 amide bonds. The monoisotopic (exact) mass is 697 g/mol. The van der Waals surface area contributed by atoms with E-state index in [9.17, 15) is 38.7 Å². The molecule has 1 fully saturated rings. The fourth-order valence-electron chi connectivity index (χ4n) is 5.52. The van der Waals surface area contributed by atoms with E-state index in [1.165, 1.54) is 38.5 Å². The van der Waals surface area contributed by atoms with Gasteiger partial charge in [-0.05, 0) is 38.5 Å². The highest BCUT2D eigenvalue weighted by atomic mass is 32.3. The average molecular weight is 698 g/mol. The highest BCUT2D eigenvalue weighted by Gasteiger charge is 2.48. The summed E-state index contributed by atoms with van der Waals surface area (Å²) in [4.78, 5) is 12.9. The molecule has 278 valence electrons. The van der Waals surface area contributed by atoms with Crippen LogP contribution in [0.25, 0.3) is 0 Å². The lowest BCUT2D eigenvalue weighted by atomic mass is 9.99. The normalized spacial score (nSPS) is 24.0. The standard InChI is InChI=1S/C33H63NO12S/c1-3-5-7-9-11-12-13-14-15-16-18-20-22-27(37)32(40)34-25(26(36)21-19-17-10-8-6-4-2)24-44-33-30(39)31(46-47(41,42)43)29(38)28(23-35)45-33/h14-15,25-31,33,35-39H,3-13,16-24H2,1-2H3,(H,34,40)(H,41,42,43)/b15-14-. The van der Waals surface area contributed by atoms with E-state index in [2.05, 4.69) is 35.5 Å². The van der Waals surface area contributed by atoms with Gasteiger partial charge in [-0.2, -0.15) is 8.42 Å². The zero-order chi connectivity index (χ0) is 35.1. The minimum Gasteiger partial charge on any atom is -0.394 e. The molecule has 1 saturated heterocycles. The van der Waals surface area contributed by atoms with E-state index < -0.39 is 78.5 Å². The topological polar surface area (TPSA) is 212 Å². The summed E-state index contributed by atoms with van der Waals surface area (Å²) in [6, 6.07) is -1.03. The van der Waals surface area contributed by atoms with Crippen molar-refractivity contribution in [1.29, 1.82) is 0 Å². The number of hydrogen-bond acceptors (Lipinski definition) is 11. The predicted octanol–water partition coefficient (Wildman–Crippen LogP) is 3.45. The Kier molecular flexibility index (Phi) is 24.0. The number of amides is 1. The summed E-state index contributed by atoms with van der Waals surface area (Å²) in [5, 5.41) is 54.6. The van der Waals surface area contributed by atoms with Crippen LogP contribution in [0.2, 0.25) is 0 Å². The molecule has 1 aliphatic heterocycles. The van der Waals surface area contributed by atoms with Crippen molar-refractivity contribution in [3.63, 3.8) is 0 Å². The number of nitrogens with one attached hydrogen (secondary N) is 1. The van der Waals surface area contributed by atoms with E-state index in [4.69, 9.17) is 14.0 Å². The van der Waals surface area contributed by atoms with Gasteiger partial charge in [-0.1, -0.05) is 103 Å². The second kappa shape index (κ2) is 25.7. The molecular formula is C33H63NO12S. The lowest BCUT2D eigenvalue weighted by molar-refractivity contribution is -0.298. The largest absolute Gasteiger partial charge is 0.397 e. The SMILES string of the molecule is CCCCCCCC/C=C\CCCCC(O)C(=O)NC(COC1OC(CO)C(O)C(OS(=O)(=O)O)C1O)C(O)CCCCCCCC. The maximum absolute atomic E-state index is 12.9. The summed E-state index contributed by atoms with van der Waals surface area (Å²) >= 11 is 0.